The summed E-state index contributed by atoms with van der Waals surface area (Å²) < 4.78 is 37.3. The zero-order valence-electron chi connectivity index (χ0n) is 34.8. The van der Waals surface area contributed by atoms with Gasteiger partial charge >= 0.3 is 0 Å². The van der Waals surface area contributed by atoms with E-state index < -0.39 is 6.85 Å². The fourth-order valence-corrected chi connectivity index (χ4v) is 10.3. The number of aryl methyl sites for hydroxylation is 1. The molecule has 2 aliphatic heterocycles. The number of hydrogen-bond donors (Lipinski definition) is 0. The Morgan fingerprint density at radius 3 is 2.24 bits per heavy atom. The van der Waals surface area contributed by atoms with E-state index in [4.69, 9.17) is 18.9 Å². The predicted octanol–water partition coefficient (Wildman–Crippen LogP) is 11.9. The summed E-state index contributed by atoms with van der Waals surface area (Å²) in [6, 6.07) is 35.4. The average molecular weight is 708 g/mol. The second-order valence-corrected chi connectivity index (χ2v) is 17.6. The number of fused-ring (bicyclic) bond motifs is 8. The van der Waals surface area contributed by atoms with Gasteiger partial charge in [-0.05, 0) is 70.7 Å². The summed E-state index contributed by atoms with van der Waals surface area (Å²) in [5.41, 5.74) is 12.4. The first-order valence-electron chi connectivity index (χ1n) is 20.6. The van der Waals surface area contributed by atoms with Crippen LogP contribution in [0.15, 0.2) is 109 Å². The van der Waals surface area contributed by atoms with Crippen molar-refractivity contribution < 1.29 is 8.85 Å². The highest BCUT2D eigenvalue weighted by Crippen LogP contribution is 2.58. The van der Waals surface area contributed by atoms with Crippen LogP contribution < -0.4 is 4.74 Å². The number of rotatable bonds is 3. The molecule has 0 amide bonds. The molecule has 5 heterocycles. The van der Waals surface area contributed by atoms with Crippen LogP contribution in [0.3, 0.4) is 0 Å². The zero-order chi connectivity index (χ0) is 39.6. The highest BCUT2D eigenvalue weighted by atomic mass is 16.5. The Kier molecular flexibility index (Phi) is 5.38. The summed E-state index contributed by atoms with van der Waals surface area (Å²) in [5, 5.41) is 7.47. The fraction of sp³-hybridized carbons (Fsp3) is 0.265. The Morgan fingerprint density at radius 2 is 1.43 bits per heavy atom. The van der Waals surface area contributed by atoms with Gasteiger partial charge in [0, 0.05) is 53.7 Å². The van der Waals surface area contributed by atoms with E-state index in [1.165, 1.54) is 16.8 Å². The van der Waals surface area contributed by atoms with Crippen molar-refractivity contribution in [2.24, 2.45) is 0 Å². The van der Waals surface area contributed by atoms with E-state index in [0.717, 1.165) is 73.1 Å². The van der Waals surface area contributed by atoms with Gasteiger partial charge < -0.3 is 4.74 Å². The molecule has 54 heavy (non-hydrogen) atoms. The minimum atomic E-state index is -2.32. The Balaban J connectivity index is 1.13. The largest absolute Gasteiger partial charge is 0.457 e. The van der Waals surface area contributed by atoms with Crippen molar-refractivity contribution >= 4 is 27.3 Å². The molecule has 0 N–H and O–H groups in total. The summed E-state index contributed by atoms with van der Waals surface area (Å²) in [6.45, 7) is 13.9. The van der Waals surface area contributed by atoms with E-state index in [1.54, 1.807) is 0 Å². The third-order valence-electron chi connectivity index (χ3n) is 14.3. The molecule has 266 valence electrons. The topological polar surface area (TPSA) is 44.3 Å². The molecule has 0 bridgehead atoms. The van der Waals surface area contributed by atoms with Gasteiger partial charge in [-0.2, -0.15) is 5.10 Å². The van der Waals surface area contributed by atoms with Crippen LogP contribution in [0.25, 0.3) is 55.4 Å². The van der Waals surface area contributed by atoms with Crippen LogP contribution >= 0.6 is 0 Å². The van der Waals surface area contributed by atoms with Crippen LogP contribution in [0.4, 0.5) is 0 Å². The van der Waals surface area contributed by atoms with E-state index in [1.807, 2.05) is 36.5 Å². The average Bonchev–Trinajstić information content (AvgIpc) is 3.82. The van der Waals surface area contributed by atoms with Crippen molar-refractivity contribution in [3.63, 3.8) is 0 Å². The van der Waals surface area contributed by atoms with Gasteiger partial charge in [-0.15, -0.1) is 0 Å². The van der Waals surface area contributed by atoms with Crippen molar-refractivity contribution in [2.45, 2.75) is 83.4 Å². The van der Waals surface area contributed by atoms with Gasteiger partial charge in [-0.3, -0.25) is 4.40 Å². The number of imidazole rings is 1. The third-order valence-corrected chi connectivity index (χ3v) is 14.3. The van der Waals surface area contributed by atoms with Gasteiger partial charge in [0.2, 0.25) is 0 Å². The number of aromatic nitrogens is 4. The summed E-state index contributed by atoms with van der Waals surface area (Å²) in [7, 11) is 0. The van der Waals surface area contributed by atoms with Crippen molar-refractivity contribution in [3.8, 4) is 39.6 Å². The Morgan fingerprint density at radius 1 is 0.685 bits per heavy atom. The first kappa shape index (κ1) is 28.8. The van der Waals surface area contributed by atoms with Crippen LogP contribution in [-0.4, -0.2) is 19.2 Å². The van der Waals surface area contributed by atoms with E-state index in [-0.39, 0.29) is 21.7 Å². The van der Waals surface area contributed by atoms with Gasteiger partial charge in [-0.25, -0.2) is 9.67 Å². The van der Waals surface area contributed by atoms with E-state index in [0.29, 0.717) is 17.1 Å². The smallest absolute Gasteiger partial charge is 0.146 e. The minimum Gasteiger partial charge on any atom is -0.457 e. The lowest BCUT2D eigenvalue weighted by Gasteiger charge is -2.50. The molecule has 0 spiro atoms. The van der Waals surface area contributed by atoms with Crippen molar-refractivity contribution in [3.05, 3.63) is 143 Å². The summed E-state index contributed by atoms with van der Waals surface area (Å²) in [5.74, 6) is 1.35. The fourth-order valence-electron chi connectivity index (χ4n) is 10.3. The summed E-state index contributed by atoms with van der Waals surface area (Å²) in [6.07, 6.45) is 2.85. The SMILES string of the molecule is [2H]C([2H])([2H])c1ccc2c3c1c1ccc(Oc4ccc5c(c4)-n4ncc(-c6ccccc6)c4C(C)(C)C5(C)C)cc1c1nc4c(n13)C(C)(Cc1ccccc1-4)C2(C)C. The highest BCUT2D eigenvalue weighted by Gasteiger charge is 2.53. The van der Waals surface area contributed by atoms with Gasteiger partial charge in [0.15, 0.2) is 0 Å². The van der Waals surface area contributed by atoms with E-state index in [9.17, 15) is 0 Å². The standard InChI is InChI=1S/C49H44N4O/c1-28-18-22-38-42-40(28)34-21-19-31(24-35(34)45-51-41-33-17-13-12-16-30(33)26-49(8,47(38,4)5)44(41)52(42)45)54-32-20-23-37-39(25-32)53-43(48(6,7)46(37,2)3)36(27-50-53)29-14-10-9-11-15-29/h9-25,27H,26H2,1-8H3/i1D3. The number of benzene rings is 5. The Hall–Kier alpha value is -5.68. The van der Waals surface area contributed by atoms with Gasteiger partial charge in [-0.1, -0.05) is 121 Å². The predicted molar refractivity (Wildman–Crippen MR) is 220 cm³/mol. The second kappa shape index (κ2) is 10.1. The van der Waals surface area contributed by atoms with Crippen LogP contribution in [-0.2, 0) is 28.1 Å². The number of nitrogens with zero attached hydrogens (tertiary/aromatic N) is 4. The highest BCUT2D eigenvalue weighted by molar-refractivity contribution is 6.15. The van der Waals surface area contributed by atoms with Crippen molar-refractivity contribution in [1.82, 2.24) is 19.2 Å². The Bertz CT molecular complexity index is 3060. The van der Waals surface area contributed by atoms with Crippen molar-refractivity contribution in [1.29, 1.82) is 0 Å². The maximum absolute atomic E-state index is 8.70. The van der Waals surface area contributed by atoms with E-state index >= 15 is 0 Å². The molecule has 0 saturated heterocycles. The second-order valence-electron chi connectivity index (χ2n) is 17.6. The monoisotopic (exact) mass is 707 g/mol. The first-order chi connectivity index (χ1) is 27.0. The summed E-state index contributed by atoms with van der Waals surface area (Å²) >= 11 is 0. The molecular weight excluding hydrogens is 661 g/mol. The molecule has 8 aromatic rings. The van der Waals surface area contributed by atoms with Crippen LogP contribution in [0.2, 0.25) is 0 Å². The van der Waals surface area contributed by atoms with Gasteiger partial charge in [0.05, 0.1) is 34.5 Å². The lowest BCUT2D eigenvalue weighted by molar-refractivity contribution is 0.258. The van der Waals surface area contributed by atoms with Crippen LogP contribution in [0.1, 0.15) is 86.2 Å². The molecule has 5 aromatic carbocycles. The van der Waals surface area contributed by atoms with E-state index in [2.05, 4.69) is 130 Å². The van der Waals surface area contributed by atoms with Crippen LogP contribution in [0.5, 0.6) is 11.5 Å². The number of pyridine rings is 1. The lowest BCUT2D eigenvalue weighted by Crippen LogP contribution is -2.49. The zero-order valence-corrected chi connectivity index (χ0v) is 31.8. The molecule has 11 rings (SSSR count). The molecule has 0 saturated carbocycles. The number of hydrogen-bond acceptors (Lipinski definition) is 3. The van der Waals surface area contributed by atoms with Crippen LogP contribution in [0, 0.1) is 6.85 Å². The molecule has 0 radical (unpaired) electrons. The normalized spacial score (nSPS) is 20.6. The maximum Gasteiger partial charge on any atom is 0.146 e. The van der Waals surface area contributed by atoms with Gasteiger partial charge in [0.1, 0.15) is 17.1 Å². The minimum absolute atomic E-state index is 0.207. The third kappa shape index (κ3) is 3.70. The first-order valence-corrected chi connectivity index (χ1v) is 19.1. The molecule has 1 aliphatic carbocycles. The Labute approximate surface area is 320 Å². The molecule has 3 aliphatic rings. The molecule has 0 fully saturated rings. The lowest BCUT2D eigenvalue weighted by atomic mass is 9.55. The molecular formula is C49H44N4O. The molecule has 3 aromatic heterocycles. The molecule has 1 unspecified atom stereocenters. The maximum atomic E-state index is 8.70. The van der Waals surface area contributed by atoms with Crippen molar-refractivity contribution in [2.75, 3.05) is 0 Å². The molecule has 5 heteroatoms. The molecule has 5 nitrogen and oxygen atoms in total. The quantitative estimate of drug-likeness (QED) is 0.172. The molecule has 1 atom stereocenters. The summed E-state index contributed by atoms with van der Waals surface area (Å²) in [4.78, 5) is 5.50. The van der Waals surface area contributed by atoms with Gasteiger partial charge in [0.25, 0.3) is 0 Å². The number of ether oxygens (including phenoxy) is 1.